The summed E-state index contributed by atoms with van der Waals surface area (Å²) in [6.07, 6.45) is 6.44. The monoisotopic (exact) mass is 395 g/mol. The third kappa shape index (κ3) is 4.05. The Morgan fingerprint density at radius 1 is 1.14 bits per heavy atom. The molecule has 5 heteroatoms. The largest absolute Gasteiger partial charge is 0.378 e. The standard InChI is InChI=1S/C23H22FNO2S/c1-28-20-5-2-16(3-6-20)12-17-13-18(22-15-19(24)4-7-21(17)22)14-23(26)25-8-10-27-11-9-25/h2-7,12-13,15H,8-11,14H2,1H3/b17-12+. The number of allylic oxidation sites excluding steroid dienone is 2. The maximum atomic E-state index is 13.9. The fraction of sp³-hybridized carbons (Fsp3) is 0.261. The molecule has 0 spiro atoms. The molecular weight excluding hydrogens is 373 g/mol. The molecule has 2 aromatic carbocycles. The number of thioether (sulfide) groups is 1. The predicted octanol–water partition coefficient (Wildman–Crippen LogP) is 4.73. The molecule has 0 saturated carbocycles. The fourth-order valence-corrected chi connectivity index (χ4v) is 4.02. The first-order chi connectivity index (χ1) is 13.6. The van der Waals surface area contributed by atoms with Crippen LogP contribution in [0.4, 0.5) is 4.39 Å². The first kappa shape index (κ1) is 19.0. The van der Waals surface area contributed by atoms with Crippen LogP contribution in [0.2, 0.25) is 0 Å². The number of carbonyl (C=O) groups excluding carboxylic acids is 1. The number of hydrogen-bond acceptors (Lipinski definition) is 3. The van der Waals surface area contributed by atoms with E-state index in [-0.39, 0.29) is 18.1 Å². The molecule has 0 radical (unpaired) electrons. The van der Waals surface area contributed by atoms with Crippen LogP contribution in [0, 0.1) is 5.82 Å². The van der Waals surface area contributed by atoms with Crippen LogP contribution in [0.3, 0.4) is 0 Å². The van der Waals surface area contributed by atoms with Crippen molar-refractivity contribution in [2.75, 3.05) is 32.6 Å². The lowest BCUT2D eigenvalue weighted by molar-refractivity contribution is -0.134. The van der Waals surface area contributed by atoms with E-state index < -0.39 is 0 Å². The number of benzene rings is 2. The van der Waals surface area contributed by atoms with Crippen molar-refractivity contribution in [2.24, 2.45) is 0 Å². The van der Waals surface area contributed by atoms with Crippen molar-refractivity contribution in [3.05, 3.63) is 71.0 Å². The van der Waals surface area contributed by atoms with Gasteiger partial charge >= 0.3 is 0 Å². The minimum atomic E-state index is -0.283. The lowest BCUT2D eigenvalue weighted by Gasteiger charge is -2.27. The van der Waals surface area contributed by atoms with Crippen LogP contribution in [0.25, 0.3) is 17.2 Å². The molecule has 1 saturated heterocycles. The van der Waals surface area contributed by atoms with Crippen molar-refractivity contribution in [2.45, 2.75) is 11.3 Å². The van der Waals surface area contributed by atoms with E-state index >= 15 is 0 Å². The second-order valence-corrected chi connectivity index (χ2v) is 7.78. The molecule has 144 valence electrons. The first-order valence-corrected chi connectivity index (χ1v) is 10.6. The Balaban J connectivity index is 1.63. The summed E-state index contributed by atoms with van der Waals surface area (Å²) in [4.78, 5) is 15.7. The molecule has 28 heavy (non-hydrogen) atoms. The third-order valence-corrected chi connectivity index (χ3v) is 5.86. The normalized spacial score (nSPS) is 17.6. The van der Waals surface area contributed by atoms with E-state index in [4.69, 9.17) is 4.74 Å². The Morgan fingerprint density at radius 2 is 1.89 bits per heavy atom. The molecule has 1 fully saturated rings. The minimum absolute atomic E-state index is 0.0651. The van der Waals surface area contributed by atoms with Gasteiger partial charge in [0.25, 0.3) is 0 Å². The number of fused-ring (bicyclic) bond motifs is 1. The average molecular weight is 395 g/mol. The van der Waals surface area contributed by atoms with Gasteiger partial charge in [0.1, 0.15) is 5.82 Å². The third-order valence-electron chi connectivity index (χ3n) is 5.11. The van der Waals surface area contributed by atoms with Crippen LogP contribution in [0.5, 0.6) is 0 Å². The molecule has 0 unspecified atom stereocenters. The maximum absolute atomic E-state index is 13.9. The molecule has 0 bridgehead atoms. The minimum Gasteiger partial charge on any atom is -0.378 e. The zero-order valence-corrected chi connectivity index (χ0v) is 16.6. The van der Waals surface area contributed by atoms with E-state index in [2.05, 4.69) is 36.6 Å². The predicted molar refractivity (Wildman–Crippen MR) is 112 cm³/mol. The highest BCUT2D eigenvalue weighted by molar-refractivity contribution is 7.98. The summed E-state index contributed by atoms with van der Waals surface area (Å²) in [6, 6.07) is 13.1. The molecule has 1 amide bonds. The van der Waals surface area contributed by atoms with Gasteiger partial charge in [-0.2, -0.15) is 0 Å². The molecule has 0 aromatic heterocycles. The van der Waals surface area contributed by atoms with Gasteiger partial charge in [0.05, 0.1) is 19.6 Å². The van der Waals surface area contributed by atoms with Crippen molar-refractivity contribution in [3.8, 4) is 0 Å². The maximum Gasteiger partial charge on any atom is 0.227 e. The van der Waals surface area contributed by atoms with Crippen LogP contribution in [-0.2, 0) is 9.53 Å². The lowest BCUT2D eigenvalue weighted by Crippen LogP contribution is -2.40. The van der Waals surface area contributed by atoms with Gasteiger partial charge in [0.2, 0.25) is 5.91 Å². The van der Waals surface area contributed by atoms with Gasteiger partial charge in [-0.05, 0) is 70.5 Å². The van der Waals surface area contributed by atoms with Crippen molar-refractivity contribution >= 4 is 34.9 Å². The number of morpholine rings is 1. The first-order valence-electron chi connectivity index (χ1n) is 9.36. The Morgan fingerprint density at radius 3 is 2.61 bits per heavy atom. The van der Waals surface area contributed by atoms with Crippen LogP contribution < -0.4 is 0 Å². The molecule has 1 heterocycles. The molecule has 2 aliphatic rings. The van der Waals surface area contributed by atoms with Gasteiger partial charge in [-0.1, -0.05) is 18.2 Å². The smallest absolute Gasteiger partial charge is 0.227 e. The van der Waals surface area contributed by atoms with E-state index in [0.29, 0.717) is 26.3 Å². The molecule has 0 atom stereocenters. The van der Waals surface area contributed by atoms with Crippen molar-refractivity contribution in [3.63, 3.8) is 0 Å². The lowest BCUT2D eigenvalue weighted by atomic mass is 10.0. The van der Waals surface area contributed by atoms with E-state index in [1.807, 2.05) is 11.0 Å². The summed E-state index contributed by atoms with van der Waals surface area (Å²) in [5, 5.41) is 0. The van der Waals surface area contributed by atoms with Crippen molar-refractivity contribution in [1.82, 2.24) is 4.90 Å². The highest BCUT2D eigenvalue weighted by Crippen LogP contribution is 2.39. The number of hydrogen-bond donors (Lipinski definition) is 0. The molecular formula is C23H22FNO2S. The van der Waals surface area contributed by atoms with Crippen LogP contribution in [0.1, 0.15) is 23.1 Å². The van der Waals surface area contributed by atoms with E-state index in [1.54, 1.807) is 17.8 Å². The quantitative estimate of drug-likeness (QED) is 0.701. The Kier molecular flexibility index (Phi) is 5.64. The molecule has 4 rings (SSSR count). The van der Waals surface area contributed by atoms with Crippen molar-refractivity contribution in [1.29, 1.82) is 0 Å². The van der Waals surface area contributed by atoms with E-state index in [0.717, 1.165) is 27.8 Å². The molecule has 1 aliphatic heterocycles. The summed E-state index contributed by atoms with van der Waals surface area (Å²) in [5.41, 5.74) is 4.75. The van der Waals surface area contributed by atoms with Gasteiger partial charge in [-0.3, -0.25) is 4.79 Å². The Bertz CT molecular complexity index is 944. The summed E-state index contributed by atoms with van der Waals surface area (Å²) >= 11 is 1.71. The van der Waals surface area contributed by atoms with Gasteiger partial charge in [-0.15, -0.1) is 11.8 Å². The molecule has 1 aliphatic carbocycles. The number of carbonyl (C=O) groups is 1. The zero-order chi connectivity index (χ0) is 19.5. The number of rotatable bonds is 4. The summed E-state index contributed by atoms with van der Waals surface area (Å²) in [5.74, 6) is -0.218. The summed E-state index contributed by atoms with van der Waals surface area (Å²) in [7, 11) is 0. The van der Waals surface area contributed by atoms with Gasteiger partial charge in [0.15, 0.2) is 0 Å². The van der Waals surface area contributed by atoms with Crippen LogP contribution in [0.15, 0.2) is 53.4 Å². The zero-order valence-electron chi connectivity index (χ0n) is 15.8. The van der Waals surface area contributed by atoms with Gasteiger partial charge in [-0.25, -0.2) is 4.39 Å². The number of halogens is 1. The Hall–Kier alpha value is -2.37. The van der Waals surface area contributed by atoms with E-state index in [1.165, 1.54) is 17.0 Å². The second-order valence-electron chi connectivity index (χ2n) is 6.90. The number of ether oxygens (including phenoxy) is 1. The van der Waals surface area contributed by atoms with Crippen molar-refractivity contribution < 1.29 is 13.9 Å². The average Bonchev–Trinajstić information content (AvgIpc) is 3.05. The molecule has 2 aromatic rings. The highest BCUT2D eigenvalue weighted by Gasteiger charge is 2.24. The van der Waals surface area contributed by atoms with Crippen LogP contribution >= 0.6 is 11.8 Å². The van der Waals surface area contributed by atoms with Gasteiger partial charge < -0.3 is 9.64 Å². The summed E-state index contributed by atoms with van der Waals surface area (Å²) < 4.78 is 19.2. The topological polar surface area (TPSA) is 29.5 Å². The molecule has 0 N–H and O–H groups in total. The van der Waals surface area contributed by atoms with Gasteiger partial charge in [0, 0.05) is 18.0 Å². The SMILES string of the molecule is CSc1ccc(/C=C2\C=C(CC(=O)N3CCOCC3)c3cc(F)ccc32)cc1. The Labute approximate surface area is 168 Å². The van der Waals surface area contributed by atoms with E-state index in [9.17, 15) is 9.18 Å². The summed E-state index contributed by atoms with van der Waals surface area (Å²) in [6.45, 7) is 2.39. The molecule has 3 nitrogen and oxygen atoms in total. The highest BCUT2D eigenvalue weighted by atomic mass is 32.2. The van der Waals surface area contributed by atoms with Crippen LogP contribution in [-0.4, -0.2) is 43.4 Å². The second kappa shape index (κ2) is 8.33. The number of nitrogens with zero attached hydrogens (tertiary/aromatic N) is 1. The fourth-order valence-electron chi connectivity index (χ4n) is 3.61. The number of amides is 1.